The molecule has 1 fully saturated rings. The molecule has 2 N–H and O–H groups in total. The van der Waals surface area contributed by atoms with Gasteiger partial charge in [0.2, 0.25) is 0 Å². The predicted molar refractivity (Wildman–Crippen MR) is 120 cm³/mol. The van der Waals surface area contributed by atoms with E-state index in [2.05, 4.69) is 0 Å². The van der Waals surface area contributed by atoms with Gasteiger partial charge in [-0.2, -0.15) is 0 Å². The zero-order valence-electron chi connectivity index (χ0n) is 17.4. The molecule has 0 aromatic heterocycles. The van der Waals surface area contributed by atoms with Gasteiger partial charge in [0.25, 0.3) is 11.7 Å². The van der Waals surface area contributed by atoms with Crippen LogP contribution < -0.4 is 0 Å². The summed E-state index contributed by atoms with van der Waals surface area (Å²) in [6.45, 7) is 0.898. The lowest BCUT2D eigenvalue weighted by Gasteiger charge is -2.26. The Morgan fingerprint density at radius 2 is 1.65 bits per heavy atom. The van der Waals surface area contributed by atoms with E-state index >= 15 is 0 Å². The molecular weight excluding hydrogens is 392 g/mol. The highest BCUT2D eigenvalue weighted by molar-refractivity contribution is 6.46. The Morgan fingerprint density at radius 3 is 2.35 bits per heavy atom. The molecule has 4 rings (SSSR count). The van der Waals surface area contributed by atoms with E-state index < -0.39 is 17.7 Å². The summed E-state index contributed by atoms with van der Waals surface area (Å²) < 4.78 is 0. The van der Waals surface area contributed by atoms with Crippen molar-refractivity contribution in [2.75, 3.05) is 27.2 Å². The van der Waals surface area contributed by atoms with E-state index in [0.717, 1.165) is 10.9 Å². The van der Waals surface area contributed by atoms with Crippen molar-refractivity contribution in [3.63, 3.8) is 0 Å². The minimum atomic E-state index is -0.752. The fourth-order valence-electron chi connectivity index (χ4n) is 3.99. The molecular formula is C25H24N2O4. The standard InChI is InChI=1S/C25H24N2O4/c1-26(2)14-15-27-21(17-9-4-3-5-10-17)20(24(30)25(27)31)23(29)19-13-12-16-8-6-7-11-18(16)22(19)28/h3-13,21,28-29H,14-15H2,1-2H3/t21-/m1/s1. The number of carbonyl (C=O) groups is 2. The highest BCUT2D eigenvalue weighted by Crippen LogP contribution is 2.41. The smallest absolute Gasteiger partial charge is 0.295 e. The van der Waals surface area contributed by atoms with E-state index in [4.69, 9.17) is 0 Å². The number of ketones is 1. The van der Waals surface area contributed by atoms with Gasteiger partial charge in [-0.1, -0.05) is 60.7 Å². The number of hydrogen-bond donors (Lipinski definition) is 2. The molecule has 1 amide bonds. The molecule has 0 saturated carbocycles. The van der Waals surface area contributed by atoms with E-state index in [1.165, 1.54) is 4.90 Å². The van der Waals surface area contributed by atoms with Gasteiger partial charge in [0.1, 0.15) is 11.5 Å². The number of fused-ring (bicyclic) bond motifs is 1. The number of rotatable bonds is 5. The van der Waals surface area contributed by atoms with Gasteiger partial charge >= 0.3 is 0 Å². The van der Waals surface area contributed by atoms with Crippen molar-refractivity contribution in [3.05, 3.63) is 83.4 Å². The van der Waals surface area contributed by atoms with Gasteiger partial charge in [0.05, 0.1) is 17.2 Å². The molecule has 0 aliphatic carbocycles. The highest BCUT2D eigenvalue weighted by atomic mass is 16.3. The van der Waals surface area contributed by atoms with Crippen molar-refractivity contribution in [2.24, 2.45) is 0 Å². The van der Waals surface area contributed by atoms with Crippen LogP contribution in [0.25, 0.3) is 16.5 Å². The van der Waals surface area contributed by atoms with Crippen LogP contribution in [0.15, 0.2) is 72.3 Å². The molecule has 1 aliphatic heterocycles. The molecule has 158 valence electrons. The number of hydrogen-bond acceptors (Lipinski definition) is 5. The third-order valence-corrected chi connectivity index (χ3v) is 5.60. The zero-order chi connectivity index (χ0) is 22.1. The second-order valence-corrected chi connectivity index (χ2v) is 7.89. The lowest BCUT2D eigenvalue weighted by Crippen LogP contribution is -2.35. The number of carbonyl (C=O) groups excluding carboxylic acids is 2. The number of phenols is 1. The summed E-state index contributed by atoms with van der Waals surface area (Å²) in [4.78, 5) is 29.3. The van der Waals surface area contributed by atoms with Crippen molar-refractivity contribution in [3.8, 4) is 5.75 Å². The van der Waals surface area contributed by atoms with Gasteiger partial charge in [-0.3, -0.25) is 9.59 Å². The largest absolute Gasteiger partial charge is 0.507 e. The van der Waals surface area contributed by atoms with E-state index in [9.17, 15) is 19.8 Å². The molecule has 0 bridgehead atoms. The van der Waals surface area contributed by atoms with Crippen molar-refractivity contribution in [1.82, 2.24) is 9.80 Å². The van der Waals surface area contributed by atoms with Crippen LogP contribution in [-0.2, 0) is 9.59 Å². The number of aliphatic hydroxyl groups is 1. The Hall–Kier alpha value is -3.64. The second kappa shape index (κ2) is 8.24. The second-order valence-electron chi connectivity index (χ2n) is 7.89. The number of nitrogens with zero attached hydrogens (tertiary/aromatic N) is 2. The Bertz CT molecular complexity index is 1180. The molecule has 0 radical (unpaired) electrons. The van der Waals surface area contributed by atoms with E-state index in [1.54, 1.807) is 24.3 Å². The molecule has 0 spiro atoms. The summed E-state index contributed by atoms with van der Waals surface area (Å²) >= 11 is 0. The number of benzene rings is 3. The first-order valence-corrected chi connectivity index (χ1v) is 10.1. The van der Waals surface area contributed by atoms with Crippen LogP contribution in [0.3, 0.4) is 0 Å². The highest BCUT2D eigenvalue weighted by Gasteiger charge is 2.46. The van der Waals surface area contributed by atoms with Gasteiger partial charge in [-0.25, -0.2) is 0 Å². The quantitative estimate of drug-likeness (QED) is 0.378. The van der Waals surface area contributed by atoms with Crippen molar-refractivity contribution < 1.29 is 19.8 Å². The fourth-order valence-corrected chi connectivity index (χ4v) is 3.99. The van der Waals surface area contributed by atoms with Crippen LogP contribution in [0, 0.1) is 0 Å². The third kappa shape index (κ3) is 3.66. The van der Waals surface area contributed by atoms with Gasteiger partial charge < -0.3 is 20.0 Å². The Balaban J connectivity index is 1.90. The molecule has 3 aromatic rings. The summed E-state index contributed by atoms with van der Waals surface area (Å²) in [6.07, 6.45) is 0. The van der Waals surface area contributed by atoms with Crippen LogP contribution in [0.1, 0.15) is 17.2 Å². The van der Waals surface area contributed by atoms with E-state index in [-0.39, 0.29) is 22.6 Å². The molecule has 1 aliphatic rings. The number of aliphatic hydroxyl groups excluding tert-OH is 1. The van der Waals surface area contributed by atoms with Crippen molar-refractivity contribution >= 4 is 28.2 Å². The number of aromatic hydroxyl groups is 1. The van der Waals surface area contributed by atoms with Crippen LogP contribution in [0.2, 0.25) is 0 Å². The van der Waals surface area contributed by atoms with Gasteiger partial charge in [0, 0.05) is 18.5 Å². The van der Waals surface area contributed by atoms with Crippen molar-refractivity contribution in [2.45, 2.75) is 6.04 Å². The maximum absolute atomic E-state index is 13.0. The SMILES string of the molecule is CN(C)CCN1C(=O)C(=O)C(=C(O)c2ccc3ccccc3c2O)[C@H]1c1ccccc1. The Kier molecular flexibility index (Phi) is 5.48. The number of likely N-dealkylation sites (tertiary alicyclic amines) is 1. The first kappa shape index (κ1) is 20.6. The topological polar surface area (TPSA) is 81.1 Å². The number of amides is 1. The molecule has 3 aromatic carbocycles. The molecule has 6 nitrogen and oxygen atoms in total. The summed E-state index contributed by atoms with van der Waals surface area (Å²) in [5.74, 6) is -1.90. The normalized spacial score (nSPS) is 18.3. The first-order valence-electron chi connectivity index (χ1n) is 10.1. The van der Waals surface area contributed by atoms with Gasteiger partial charge in [0.15, 0.2) is 0 Å². The summed E-state index contributed by atoms with van der Waals surface area (Å²) in [6, 6.07) is 19.0. The summed E-state index contributed by atoms with van der Waals surface area (Å²) in [5, 5.41) is 23.4. The van der Waals surface area contributed by atoms with Crippen LogP contribution in [0.5, 0.6) is 5.75 Å². The van der Waals surface area contributed by atoms with Crippen LogP contribution in [-0.4, -0.2) is 58.9 Å². The minimum absolute atomic E-state index is 0.0134. The van der Waals surface area contributed by atoms with E-state index in [1.807, 2.05) is 61.5 Å². The number of likely N-dealkylation sites (N-methyl/N-ethyl adjacent to an activating group) is 1. The third-order valence-electron chi connectivity index (χ3n) is 5.60. The Labute approximate surface area is 180 Å². The average molecular weight is 416 g/mol. The number of Topliss-reactive ketones (excluding diaryl/α,β-unsaturated/α-hetero) is 1. The summed E-state index contributed by atoms with van der Waals surface area (Å²) in [5.41, 5.74) is 0.841. The lowest BCUT2D eigenvalue weighted by molar-refractivity contribution is -0.140. The molecule has 31 heavy (non-hydrogen) atoms. The maximum Gasteiger partial charge on any atom is 0.295 e. The molecule has 0 unspecified atom stereocenters. The molecule has 1 saturated heterocycles. The molecule has 6 heteroatoms. The number of phenolic OH excluding ortho intramolecular Hbond substituents is 1. The zero-order valence-corrected chi connectivity index (χ0v) is 17.4. The van der Waals surface area contributed by atoms with Crippen molar-refractivity contribution in [1.29, 1.82) is 0 Å². The molecule has 1 atom stereocenters. The summed E-state index contributed by atoms with van der Waals surface area (Å²) in [7, 11) is 3.78. The maximum atomic E-state index is 13.0. The van der Waals surface area contributed by atoms with E-state index in [0.29, 0.717) is 18.5 Å². The first-order chi connectivity index (χ1) is 14.9. The van der Waals surface area contributed by atoms with Crippen LogP contribution >= 0.6 is 0 Å². The monoisotopic (exact) mass is 416 g/mol. The predicted octanol–water partition coefficient (Wildman–Crippen LogP) is 3.53. The molecule has 1 heterocycles. The average Bonchev–Trinajstić information content (AvgIpc) is 3.03. The minimum Gasteiger partial charge on any atom is -0.507 e. The fraction of sp³-hybridized carbons (Fsp3) is 0.200. The lowest BCUT2D eigenvalue weighted by atomic mass is 9.94. The van der Waals surface area contributed by atoms with Crippen LogP contribution in [0.4, 0.5) is 0 Å². The van der Waals surface area contributed by atoms with Gasteiger partial charge in [-0.05, 0) is 31.1 Å². The van der Waals surface area contributed by atoms with Gasteiger partial charge in [-0.15, -0.1) is 0 Å². The Morgan fingerprint density at radius 1 is 0.968 bits per heavy atom.